The Labute approximate surface area is 134 Å². The first kappa shape index (κ1) is 13.8. The molecule has 3 aromatic rings. The van der Waals surface area contributed by atoms with E-state index < -0.39 is 5.60 Å². The van der Waals surface area contributed by atoms with Crippen LogP contribution in [0.2, 0.25) is 0 Å². The van der Waals surface area contributed by atoms with Gasteiger partial charge in [0, 0.05) is 25.6 Å². The second-order valence-corrected chi connectivity index (χ2v) is 6.35. The Morgan fingerprint density at radius 1 is 1.36 bits per heavy atom. The van der Waals surface area contributed by atoms with Crippen molar-refractivity contribution in [1.29, 1.82) is 0 Å². The van der Waals surface area contributed by atoms with Gasteiger partial charge in [-0.3, -0.25) is 0 Å². The molecule has 1 aliphatic carbocycles. The fourth-order valence-corrected chi connectivity index (χ4v) is 3.23. The van der Waals surface area contributed by atoms with Crippen molar-refractivity contribution in [3.8, 4) is 11.6 Å². The summed E-state index contributed by atoms with van der Waals surface area (Å²) in [6.07, 6.45) is 7.62. The normalized spacial score (nSPS) is 17.4. The second-order valence-electron chi connectivity index (χ2n) is 5.43. The molecule has 4 rings (SSSR count). The largest absolute Gasteiger partial charge is 0.370 e. The van der Waals surface area contributed by atoms with Crippen molar-refractivity contribution in [1.82, 2.24) is 24.7 Å². The molecule has 3 aromatic heterocycles. The first-order valence-electron chi connectivity index (χ1n) is 7.11. The van der Waals surface area contributed by atoms with Gasteiger partial charge in [0.15, 0.2) is 11.3 Å². The molecular formula is C14H14BrN5O2. The molecule has 0 bridgehead atoms. The van der Waals surface area contributed by atoms with Crippen molar-refractivity contribution < 1.29 is 9.26 Å². The number of hydrogen-bond donors (Lipinski definition) is 0. The first-order valence-corrected chi connectivity index (χ1v) is 7.90. The third-order valence-corrected chi connectivity index (χ3v) is 4.55. The van der Waals surface area contributed by atoms with Crippen LogP contribution in [0.1, 0.15) is 31.5 Å². The Hall–Kier alpha value is -1.80. The van der Waals surface area contributed by atoms with Crippen LogP contribution >= 0.6 is 15.9 Å². The minimum Gasteiger partial charge on any atom is -0.370 e. The molecule has 0 spiro atoms. The summed E-state index contributed by atoms with van der Waals surface area (Å²) >= 11 is 3.37. The molecule has 8 heteroatoms. The minimum absolute atomic E-state index is 0.389. The van der Waals surface area contributed by atoms with Gasteiger partial charge >= 0.3 is 0 Å². The highest BCUT2D eigenvalue weighted by atomic mass is 79.9. The summed E-state index contributed by atoms with van der Waals surface area (Å²) in [6.45, 7) is 0. The van der Waals surface area contributed by atoms with E-state index >= 15 is 0 Å². The number of fused-ring (bicyclic) bond motifs is 1. The number of rotatable bonds is 3. The molecule has 0 aliphatic heterocycles. The van der Waals surface area contributed by atoms with Crippen LogP contribution in [0.3, 0.4) is 0 Å². The molecule has 0 unspecified atom stereocenters. The van der Waals surface area contributed by atoms with Crippen molar-refractivity contribution in [3.05, 3.63) is 28.8 Å². The molecule has 22 heavy (non-hydrogen) atoms. The lowest BCUT2D eigenvalue weighted by atomic mass is 10.0. The summed E-state index contributed by atoms with van der Waals surface area (Å²) < 4.78 is 13.6. The number of ether oxygens (including phenoxy) is 1. The van der Waals surface area contributed by atoms with E-state index in [2.05, 4.69) is 36.2 Å². The molecule has 1 aliphatic rings. The Morgan fingerprint density at radius 3 is 2.95 bits per heavy atom. The Morgan fingerprint density at radius 2 is 2.18 bits per heavy atom. The van der Waals surface area contributed by atoms with Crippen molar-refractivity contribution in [2.75, 3.05) is 7.11 Å². The standard InChI is InChI=1S/C14H14BrN5O2/c1-21-14(4-2-3-5-14)13-17-12(22-19-13)10-6-11-16-7-9(15)8-20(11)18-10/h6-8H,2-5H2,1H3. The predicted molar refractivity (Wildman–Crippen MR) is 81.1 cm³/mol. The average Bonchev–Trinajstić information content (AvgIpc) is 3.25. The lowest BCUT2D eigenvalue weighted by Gasteiger charge is -2.22. The van der Waals surface area contributed by atoms with Crippen molar-refractivity contribution in [2.45, 2.75) is 31.3 Å². The van der Waals surface area contributed by atoms with Gasteiger partial charge in [0.2, 0.25) is 5.82 Å². The molecular weight excluding hydrogens is 350 g/mol. The molecule has 0 saturated heterocycles. The number of hydrogen-bond acceptors (Lipinski definition) is 6. The van der Waals surface area contributed by atoms with Crippen LogP contribution in [0.4, 0.5) is 0 Å². The van der Waals surface area contributed by atoms with E-state index in [-0.39, 0.29) is 0 Å². The minimum atomic E-state index is -0.414. The van der Waals surface area contributed by atoms with Gasteiger partial charge < -0.3 is 9.26 Å². The van der Waals surface area contributed by atoms with E-state index in [0.29, 0.717) is 17.4 Å². The molecule has 0 N–H and O–H groups in total. The quantitative estimate of drug-likeness (QED) is 0.711. The lowest BCUT2D eigenvalue weighted by molar-refractivity contribution is -0.0178. The number of methoxy groups -OCH3 is 1. The first-order chi connectivity index (χ1) is 10.7. The van der Waals surface area contributed by atoms with Crippen molar-refractivity contribution >= 4 is 21.6 Å². The Balaban J connectivity index is 1.73. The number of aromatic nitrogens is 5. The molecule has 7 nitrogen and oxygen atoms in total. The van der Waals surface area contributed by atoms with Crippen LogP contribution in [-0.4, -0.2) is 31.8 Å². The summed E-state index contributed by atoms with van der Waals surface area (Å²) in [6, 6.07) is 1.82. The highest BCUT2D eigenvalue weighted by molar-refractivity contribution is 9.10. The molecule has 0 amide bonds. The van der Waals surface area contributed by atoms with E-state index in [1.165, 1.54) is 0 Å². The van der Waals surface area contributed by atoms with Gasteiger partial charge in [-0.1, -0.05) is 5.16 Å². The molecule has 0 radical (unpaired) electrons. The highest BCUT2D eigenvalue weighted by Crippen LogP contribution is 2.40. The maximum Gasteiger partial charge on any atom is 0.278 e. The summed E-state index contributed by atoms with van der Waals surface area (Å²) in [5, 5.41) is 8.53. The highest BCUT2D eigenvalue weighted by Gasteiger charge is 2.40. The van der Waals surface area contributed by atoms with E-state index in [4.69, 9.17) is 9.26 Å². The van der Waals surface area contributed by atoms with Gasteiger partial charge in [0.25, 0.3) is 5.89 Å². The average molecular weight is 364 g/mol. The maximum absolute atomic E-state index is 5.68. The molecule has 1 saturated carbocycles. The molecule has 3 heterocycles. The number of halogens is 1. The van der Waals surface area contributed by atoms with Crippen LogP contribution in [0, 0.1) is 0 Å². The number of nitrogens with zero attached hydrogens (tertiary/aromatic N) is 5. The lowest BCUT2D eigenvalue weighted by Crippen LogP contribution is -2.25. The van der Waals surface area contributed by atoms with Gasteiger partial charge in [-0.25, -0.2) is 9.50 Å². The predicted octanol–water partition coefficient (Wildman–Crippen LogP) is 2.96. The van der Waals surface area contributed by atoms with Crippen molar-refractivity contribution in [2.24, 2.45) is 0 Å². The van der Waals surface area contributed by atoms with Gasteiger partial charge in [-0.2, -0.15) is 10.1 Å². The monoisotopic (exact) mass is 363 g/mol. The van der Waals surface area contributed by atoms with E-state index in [1.807, 2.05) is 12.3 Å². The fourth-order valence-electron chi connectivity index (χ4n) is 2.94. The molecule has 0 aromatic carbocycles. The van der Waals surface area contributed by atoms with Crippen LogP contribution < -0.4 is 0 Å². The van der Waals surface area contributed by atoms with Crippen molar-refractivity contribution in [3.63, 3.8) is 0 Å². The van der Waals surface area contributed by atoms with Gasteiger partial charge in [0.05, 0.1) is 4.47 Å². The van der Waals surface area contributed by atoms with E-state index in [9.17, 15) is 0 Å². The zero-order chi connectivity index (χ0) is 15.2. The summed E-state index contributed by atoms with van der Waals surface area (Å²) in [7, 11) is 1.70. The maximum atomic E-state index is 5.68. The van der Waals surface area contributed by atoms with Crippen LogP contribution in [0.15, 0.2) is 27.5 Å². The smallest absolute Gasteiger partial charge is 0.278 e. The fraction of sp³-hybridized carbons (Fsp3) is 0.429. The van der Waals surface area contributed by atoms with Gasteiger partial charge in [-0.15, -0.1) is 0 Å². The second kappa shape index (κ2) is 5.13. The van der Waals surface area contributed by atoms with Crippen LogP contribution in [-0.2, 0) is 10.3 Å². The van der Waals surface area contributed by atoms with E-state index in [0.717, 1.165) is 35.8 Å². The van der Waals surface area contributed by atoms with Gasteiger partial charge in [0.1, 0.15) is 5.60 Å². The van der Waals surface area contributed by atoms with Crippen LogP contribution in [0.25, 0.3) is 17.2 Å². The summed E-state index contributed by atoms with van der Waals surface area (Å²) in [4.78, 5) is 8.79. The third kappa shape index (κ3) is 2.14. The third-order valence-electron chi connectivity index (χ3n) is 4.14. The zero-order valence-electron chi connectivity index (χ0n) is 12.0. The molecule has 0 atom stereocenters. The SMILES string of the molecule is COC1(c2noc(-c3cc4ncc(Br)cn4n3)n2)CCCC1. The Kier molecular flexibility index (Phi) is 3.23. The summed E-state index contributed by atoms with van der Waals surface area (Å²) in [5.74, 6) is 0.994. The molecule has 1 fully saturated rings. The van der Waals surface area contributed by atoms with E-state index in [1.54, 1.807) is 17.8 Å². The Bertz CT molecular complexity index is 822. The summed E-state index contributed by atoms with van der Waals surface area (Å²) in [5.41, 5.74) is 0.913. The van der Waals surface area contributed by atoms with Gasteiger partial charge in [-0.05, 0) is 41.6 Å². The van der Waals surface area contributed by atoms with Crippen LogP contribution in [0.5, 0.6) is 0 Å². The zero-order valence-corrected chi connectivity index (χ0v) is 13.6. The molecule has 114 valence electrons. The topological polar surface area (TPSA) is 78.3 Å².